The first-order valence-electron chi connectivity index (χ1n) is 38.7. The maximum absolute atomic E-state index is 13.1. The summed E-state index contributed by atoms with van der Waals surface area (Å²) in [6.07, 6.45) is 85.4. The molecule has 0 radical (unpaired) electrons. The first-order valence-corrected chi connectivity index (χ1v) is 41.7. The van der Waals surface area contributed by atoms with Crippen LogP contribution in [0.5, 0.6) is 0 Å². The quantitative estimate of drug-likeness (QED) is 0.0169. The molecule has 580 valence electrons. The monoisotopic (exact) mass is 1470 g/mol. The van der Waals surface area contributed by atoms with Crippen LogP contribution in [0.2, 0.25) is 0 Å². The Labute approximate surface area is 617 Å². The second-order valence-corrected chi connectivity index (χ2v) is 28.1. The van der Waals surface area contributed by atoms with E-state index in [0.717, 1.165) is 167 Å². The molecule has 0 amide bonds. The number of carbonyl (C=O) groups excluding carboxylic acids is 4. The van der Waals surface area contributed by atoms with Gasteiger partial charge >= 0.3 is 39.5 Å². The molecule has 0 aliphatic heterocycles. The van der Waals surface area contributed by atoms with E-state index in [1.807, 2.05) is 18.2 Å². The fourth-order valence-corrected chi connectivity index (χ4v) is 11.3. The number of hydrogen-bond donors (Lipinski definition) is 3. The van der Waals surface area contributed by atoms with Crippen molar-refractivity contribution in [3.63, 3.8) is 0 Å². The molecule has 0 bridgehead atoms. The summed E-state index contributed by atoms with van der Waals surface area (Å²) >= 11 is 0. The van der Waals surface area contributed by atoms with Crippen LogP contribution in [0.1, 0.15) is 285 Å². The molecule has 0 rings (SSSR count). The SMILES string of the molecule is CC/C=C\C/C=C\C/C=C\C/C=C\C/C=C\CC(=O)OCC(COP(=O)(O)OCC(O)COP(=O)(O)OCC(COC(=O)CCCCCC/C=C\C/C=C\C/C=C\C/C=C\CC)OC(=O)CCCCCCC/C=C\C/C=C\C/C=C\CC)OC(=O)CCCCCCC/C=C\CCCCCCCC. The van der Waals surface area contributed by atoms with E-state index in [0.29, 0.717) is 25.7 Å². The van der Waals surface area contributed by atoms with Crippen molar-refractivity contribution in [3.05, 3.63) is 158 Å². The predicted octanol–water partition coefficient (Wildman–Crippen LogP) is 22.4. The van der Waals surface area contributed by atoms with Crippen molar-refractivity contribution in [2.24, 2.45) is 0 Å². The number of unbranched alkanes of at least 4 members (excludes halogenated alkanes) is 20. The molecule has 0 heterocycles. The van der Waals surface area contributed by atoms with E-state index in [4.69, 9.17) is 37.0 Å². The van der Waals surface area contributed by atoms with Gasteiger partial charge in [-0.3, -0.25) is 37.3 Å². The Morgan fingerprint density at radius 1 is 0.294 bits per heavy atom. The summed E-state index contributed by atoms with van der Waals surface area (Å²) in [7, 11) is -10.0. The van der Waals surface area contributed by atoms with Crippen molar-refractivity contribution in [2.75, 3.05) is 39.6 Å². The number of phosphoric acid groups is 2. The van der Waals surface area contributed by atoms with Crippen LogP contribution in [-0.4, -0.2) is 96.7 Å². The summed E-state index contributed by atoms with van der Waals surface area (Å²) in [6.45, 7) is 4.34. The van der Waals surface area contributed by atoms with E-state index < -0.39 is 97.5 Å². The van der Waals surface area contributed by atoms with Crippen LogP contribution in [0.4, 0.5) is 0 Å². The van der Waals surface area contributed by atoms with Gasteiger partial charge in [0.05, 0.1) is 32.8 Å². The van der Waals surface area contributed by atoms with Crippen molar-refractivity contribution in [1.82, 2.24) is 0 Å². The normalized spacial score (nSPS) is 14.8. The van der Waals surface area contributed by atoms with Crippen LogP contribution in [0.25, 0.3) is 0 Å². The van der Waals surface area contributed by atoms with E-state index >= 15 is 0 Å². The second-order valence-electron chi connectivity index (χ2n) is 25.2. The lowest BCUT2D eigenvalue weighted by Crippen LogP contribution is -2.30. The zero-order chi connectivity index (χ0) is 74.6. The van der Waals surface area contributed by atoms with Gasteiger partial charge in [-0.25, -0.2) is 9.13 Å². The average molecular weight is 1470 g/mol. The molecule has 5 unspecified atom stereocenters. The van der Waals surface area contributed by atoms with Crippen LogP contribution >= 0.6 is 15.6 Å². The number of rotatable bonds is 71. The minimum Gasteiger partial charge on any atom is -0.462 e. The van der Waals surface area contributed by atoms with Gasteiger partial charge in [-0.1, -0.05) is 269 Å². The molecule has 0 spiro atoms. The Hall–Kier alpha value is -5.32. The van der Waals surface area contributed by atoms with Gasteiger partial charge < -0.3 is 33.8 Å². The maximum atomic E-state index is 13.1. The molecule has 0 fully saturated rings. The summed E-state index contributed by atoms with van der Waals surface area (Å²) in [5, 5.41) is 10.6. The lowest BCUT2D eigenvalue weighted by Gasteiger charge is -2.21. The molecule has 0 aromatic heterocycles. The van der Waals surface area contributed by atoms with Gasteiger partial charge in [0.15, 0.2) is 12.2 Å². The van der Waals surface area contributed by atoms with Crippen molar-refractivity contribution < 1.29 is 80.2 Å². The summed E-state index contributed by atoms with van der Waals surface area (Å²) in [5.74, 6) is -2.39. The highest BCUT2D eigenvalue weighted by atomic mass is 31.2. The number of hydrogen-bond acceptors (Lipinski definition) is 15. The van der Waals surface area contributed by atoms with Crippen LogP contribution < -0.4 is 0 Å². The smallest absolute Gasteiger partial charge is 0.462 e. The van der Waals surface area contributed by atoms with E-state index in [2.05, 4.69) is 161 Å². The van der Waals surface area contributed by atoms with Crippen LogP contribution in [0.15, 0.2) is 158 Å². The third-order valence-corrected chi connectivity index (χ3v) is 17.4. The van der Waals surface area contributed by atoms with Gasteiger partial charge in [-0.05, 0) is 148 Å². The van der Waals surface area contributed by atoms with Gasteiger partial charge in [0.2, 0.25) is 0 Å². The van der Waals surface area contributed by atoms with Crippen molar-refractivity contribution in [2.45, 2.75) is 303 Å². The second kappa shape index (κ2) is 74.0. The van der Waals surface area contributed by atoms with E-state index in [1.165, 1.54) is 38.5 Å². The zero-order valence-electron chi connectivity index (χ0n) is 63.2. The molecule has 17 nitrogen and oxygen atoms in total. The van der Waals surface area contributed by atoms with Gasteiger partial charge in [0, 0.05) is 19.3 Å². The number of ether oxygens (including phenoxy) is 4. The molecule has 0 aliphatic rings. The number of esters is 4. The van der Waals surface area contributed by atoms with E-state index in [1.54, 1.807) is 6.08 Å². The first kappa shape index (κ1) is 96.7. The van der Waals surface area contributed by atoms with Crippen molar-refractivity contribution in [1.29, 1.82) is 0 Å². The Bertz CT molecular complexity index is 2550. The number of carbonyl (C=O) groups is 4. The summed E-state index contributed by atoms with van der Waals surface area (Å²) in [5.41, 5.74) is 0. The van der Waals surface area contributed by atoms with Gasteiger partial charge in [-0.15, -0.1) is 0 Å². The zero-order valence-corrected chi connectivity index (χ0v) is 65.0. The third-order valence-electron chi connectivity index (χ3n) is 15.5. The maximum Gasteiger partial charge on any atom is 0.472 e. The van der Waals surface area contributed by atoms with E-state index in [9.17, 15) is 43.2 Å². The lowest BCUT2D eigenvalue weighted by molar-refractivity contribution is -0.161. The predicted molar refractivity (Wildman–Crippen MR) is 417 cm³/mol. The fourth-order valence-electron chi connectivity index (χ4n) is 9.70. The first-order chi connectivity index (χ1) is 49.7. The summed E-state index contributed by atoms with van der Waals surface area (Å²) < 4.78 is 68.4. The minimum absolute atomic E-state index is 0.0607. The molecule has 0 saturated heterocycles. The number of phosphoric ester groups is 2. The fraction of sp³-hybridized carbons (Fsp3) is 0.639. The van der Waals surface area contributed by atoms with E-state index in [-0.39, 0.29) is 25.7 Å². The number of allylic oxidation sites excluding steroid dienone is 25. The Morgan fingerprint density at radius 2 is 0.549 bits per heavy atom. The Balaban J connectivity index is 5.48. The lowest BCUT2D eigenvalue weighted by atomic mass is 10.1. The molecule has 0 aromatic rings. The Kier molecular flexibility index (Phi) is 70.1. The van der Waals surface area contributed by atoms with Crippen LogP contribution in [0.3, 0.4) is 0 Å². The van der Waals surface area contributed by atoms with Gasteiger partial charge in [0.1, 0.15) is 19.3 Å². The van der Waals surface area contributed by atoms with Gasteiger partial charge in [0.25, 0.3) is 0 Å². The molecule has 3 N–H and O–H groups in total. The standard InChI is InChI=1S/C83H136O17P2/c1-5-9-13-17-21-25-29-33-37-38-42-44-48-52-56-60-64-68-81(86)94-74-79(100-83(88)70-66-62-58-54-50-46-41-36-32-28-24-20-16-12-8-4)76-98-102(91,92)96-72-77(84)71-95-101(89,90)97-75-78(99-82(87)69-65-61-57-53-49-45-40-35-31-27-23-19-15-11-7-3)73-93-80(85)67-63-59-55-51-47-43-39-34-30-26-22-18-14-10-6-2/h9-10,12-14,16,21-22,24-26,28,33-37,39-42,44,47,51,59,63,77-79,84H,5-8,11,15,17-20,23,27,29-32,38,43,45-46,48-50,52-58,60-62,64-76H2,1-4H3,(H,89,90)(H,91,92)/b13-9-,14-10-,16-12-,25-21-,26-22-,28-24-,37-33-,39-34-,40-35-,41-36-,44-42-,51-47-,63-59-. The molecule has 0 saturated carbocycles. The third kappa shape index (κ3) is 73.0. The molecular weight excluding hydrogens is 1330 g/mol. The van der Waals surface area contributed by atoms with Gasteiger partial charge in [-0.2, -0.15) is 0 Å². The molecule has 5 atom stereocenters. The summed E-state index contributed by atoms with van der Waals surface area (Å²) in [4.78, 5) is 72.9. The van der Waals surface area contributed by atoms with Crippen molar-refractivity contribution in [3.8, 4) is 0 Å². The molecule has 0 aromatic carbocycles. The minimum atomic E-state index is -5.00. The molecular formula is C83H136O17P2. The largest absolute Gasteiger partial charge is 0.472 e. The molecule has 102 heavy (non-hydrogen) atoms. The Morgan fingerprint density at radius 3 is 0.882 bits per heavy atom. The topological polar surface area (TPSA) is 237 Å². The molecule has 19 heteroatoms. The number of aliphatic hydroxyl groups is 1. The summed E-state index contributed by atoms with van der Waals surface area (Å²) in [6, 6.07) is 0. The van der Waals surface area contributed by atoms with Crippen LogP contribution in [0, 0.1) is 0 Å². The number of aliphatic hydroxyl groups excluding tert-OH is 1. The highest BCUT2D eigenvalue weighted by molar-refractivity contribution is 7.47. The highest BCUT2D eigenvalue weighted by Crippen LogP contribution is 2.45. The molecule has 0 aliphatic carbocycles. The van der Waals surface area contributed by atoms with Crippen molar-refractivity contribution >= 4 is 39.5 Å². The highest BCUT2D eigenvalue weighted by Gasteiger charge is 2.30. The average Bonchev–Trinajstić information content (AvgIpc) is 0.926. The van der Waals surface area contributed by atoms with Crippen LogP contribution in [-0.2, 0) is 65.4 Å².